The first-order valence-electron chi connectivity index (χ1n) is 5.68. The number of amides is 1. The molecule has 0 aliphatic carbocycles. The minimum absolute atomic E-state index is 0.0220. The van der Waals surface area contributed by atoms with E-state index in [4.69, 9.17) is 0 Å². The van der Waals surface area contributed by atoms with Crippen LogP contribution in [0.5, 0.6) is 5.75 Å². The largest absolute Gasteiger partial charge is 0.507 e. The van der Waals surface area contributed by atoms with Crippen molar-refractivity contribution in [1.29, 1.82) is 0 Å². The highest BCUT2D eigenvalue weighted by molar-refractivity contribution is 9.10. The lowest BCUT2D eigenvalue weighted by atomic mass is 10.2. The van der Waals surface area contributed by atoms with Crippen LogP contribution in [0.4, 0.5) is 4.39 Å². The van der Waals surface area contributed by atoms with Crippen molar-refractivity contribution in [3.8, 4) is 5.75 Å². The van der Waals surface area contributed by atoms with E-state index in [2.05, 4.69) is 37.2 Å². The van der Waals surface area contributed by atoms with Gasteiger partial charge in [0.2, 0.25) is 0 Å². The molecule has 0 aromatic heterocycles. The quantitative estimate of drug-likeness (QED) is 0.815. The van der Waals surface area contributed by atoms with E-state index in [9.17, 15) is 14.3 Å². The lowest BCUT2D eigenvalue weighted by Gasteiger charge is -2.07. The van der Waals surface area contributed by atoms with Gasteiger partial charge in [0.25, 0.3) is 5.91 Å². The molecule has 0 fully saturated rings. The summed E-state index contributed by atoms with van der Waals surface area (Å²) in [5.41, 5.74) is 0.690. The van der Waals surface area contributed by atoms with Crippen LogP contribution in [0.15, 0.2) is 45.3 Å². The van der Waals surface area contributed by atoms with E-state index in [1.165, 1.54) is 12.1 Å². The Labute approximate surface area is 132 Å². The summed E-state index contributed by atoms with van der Waals surface area (Å²) in [6.45, 7) is 0.0704. The average molecular weight is 403 g/mol. The van der Waals surface area contributed by atoms with Crippen molar-refractivity contribution in [2.24, 2.45) is 0 Å². The van der Waals surface area contributed by atoms with Crippen LogP contribution >= 0.6 is 31.9 Å². The van der Waals surface area contributed by atoms with Crippen LogP contribution in [0, 0.1) is 5.82 Å². The second kappa shape index (κ2) is 6.37. The van der Waals surface area contributed by atoms with Crippen molar-refractivity contribution in [3.05, 3.63) is 62.3 Å². The Hall–Kier alpha value is -1.40. The average Bonchev–Trinajstić information content (AvgIpc) is 2.42. The first kappa shape index (κ1) is 15.0. The molecule has 0 atom stereocenters. The van der Waals surface area contributed by atoms with Gasteiger partial charge in [-0.25, -0.2) is 4.39 Å². The maximum absolute atomic E-state index is 13.5. The van der Waals surface area contributed by atoms with Crippen LogP contribution in [0.2, 0.25) is 0 Å². The molecule has 0 bridgehead atoms. The number of phenolic OH excluding ortho intramolecular Hbond substituents is 1. The van der Waals surface area contributed by atoms with E-state index in [1.54, 1.807) is 24.3 Å². The number of phenols is 1. The Bertz CT molecular complexity index is 662. The van der Waals surface area contributed by atoms with Crippen molar-refractivity contribution < 1.29 is 14.3 Å². The van der Waals surface area contributed by atoms with Crippen LogP contribution in [0.25, 0.3) is 0 Å². The third-order valence-electron chi connectivity index (χ3n) is 2.66. The third kappa shape index (κ3) is 3.58. The van der Waals surface area contributed by atoms with Gasteiger partial charge in [0.05, 0.1) is 4.47 Å². The lowest BCUT2D eigenvalue weighted by Crippen LogP contribution is -2.23. The molecule has 2 aromatic rings. The molecule has 3 nitrogen and oxygen atoms in total. The molecular weight excluding hydrogens is 393 g/mol. The van der Waals surface area contributed by atoms with Gasteiger partial charge in [-0.3, -0.25) is 4.79 Å². The molecule has 0 radical (unpaired) electrons. The first-order valence-corrected chi connectivity index (χ1v) is 7.26. The summed E-state index contributed by atoms with van der Waals surface area (Å²) < 4.78 is 14.8. The summed E-state index contributed by atoms with van der Waals surface area (Å²) in [5, 5.41) is 12.1. The van der Waals surface area contributed by atoms with Crippen LogP contribution in [-0.2, 0) is 6.54 Å². The fourth-order valence-corrected chi connectivity index (χ4v) is 2.27. The number of nitrogens with one attached hydrogen (secondary N) is 1. The monoisotopic (exact) mass is 401 g/mol. The second-order valence-corrected chi connectivity index (χ2v) is 5.85. The summed E-state index contributed by atoms with van der Waals surface area (Å²) >= 11 is 6.38. The molecule has 6 heteroatoms. The van der Waals surface area contributed by atoms with Crippen molar-refractivity contribution in [3.63, 3.8) is 0 Å². The minimum Gasteiger partial charge on any atom is -0.507 e. The highest BCUT2D eigenvalue weighted by atomic mass is 79.9. The number of halogens is 3. The molecule has 0 aliphatic heterocycles. The second-order valence-electron chi connectivity index (χ2n) is 4.08. The summed E-state index contributed by atoms with van der Waals surface area (Å²) in [7, 11) is 0. The SMILES string of the molecule is O=C(NCc1cc(Br)ccc1F)c1ccc(Br)c(O)c1. The molecule has 0 heterocycles. The van der Waals surface area contributed by atoms with Gasteiger partial charge in [-0.05, 0) is 52.3 Å². The van der Waals surface area contributed by atoms with E-state index in [-0.39, 0.29) is 24.0 Å². The van der Waals surface area contributed by atoms with Gasteiger partial charge in [0.1, 0.15) is 11.6 Å². The molecule has 104 valence electrons. The van der Waals surface area contributed by atoms with E-state index in [0.717, 1.165) is 4.47 Å². The van der Waals surface area contributed by atoms with E-state index >= 15 is 0 Å². The van der Waals surface area contributed by atoms with Gasteiger partial charge < -0.3 is 10.4 Å². The number of hydrogen-bond acceptors (Lipinski definition) is 2. The Kier molecular flexibility index (Phi) is 4.77. The number of aromatic hydroxyl groups is 1. The topological polar surface area (TPSA) is 49.3 Å². The Morgan fingerprint density at radius 2 is 1.95 bits per heavy atom. The Balaban J connectivity index is 2.08. The molecule has 0 aliphatic rings. The Morgan fingerprint density at radius 1 is 1.20 bits per heavy atom. The fourth-order valence-electron chi connectivity index (χ4n) is 1.61. The predicted octanol–water partition coefficient (Wildman–Crippen LogP) is 3.99. The van der Waals surface area contributed by atoms with Gasteiger partial charge in [-0.15, -0.1) is 0 Å². The molecule has 2 N–H and O–H groups in total. The van der Waals surface area contributed by atoms with Gasteiger partial charge in [-0.2, -0.15) is 0 Å². The van der Waals surface area contributed by atoms with Crippen molar-refractivity contribution in [1.82, 2.24) is 5.32 Å². The summed E-state index contributed by atoms with van der Waals surface area (Å²) in [4.78, 5) is 11.9. The zero-order valence-corrected chi connectivity index (χ0v) is 13.3. The zero-order valence-electron chi connectivity index (χ0n) is 10.2. The molecular formula is C14H10Br2FNO2. The number of carbonyl (C=O) groups excluding carboxylic acids is 1. The maximum atomic E-state index is 13.5. The van der Waals surface area contributed by atoms with Crippen LogP contribution in [0.1, 0.15) is 15.9 Å². The molecule has 20 heavy (non-hydrogen) atoms. The highest BCUT2D eigenvalue weighted by Crippen LogP contribution is 2.24. The maximum Gasteiger partial charge on any atom is 0.251 e. The smallest absolute Gasteiger partial charge is 0.251 e. The van der Waals surface area contributed by atoms with Crippen molar-refractivity contribution in [2.75, 3.05) is 0 Å². The van der Waals surface area contributed by atoms with Crippen LogP contribution < -0.4 is 5.32 Å². The number of rotatable bonds is 3. The highest BCUT2D eigenvalue weighted by Gasteiger charge is 2.09. The van der Waals surface area contributed by atoms with E-state index in [1.807, 2.05) is 0 Å². The predicted molar refractivity (Wildman–Crippen MR) is 81.1 cm³/mol. The summed E-state index contributed by atoms with van der Waals surface area (Å²) in [6, 6.07) is 9.01. The standard InChI is InChI=1S/C14H10Br2FNO2/c15-10-2-4-12(17)9(5-10)7-18-14(20)8-1-3-11(16)13(19)6-8/h1-6,19H,7H2,(H,18,20). The van der Waals surface area contributed by atoms with Crippen molar-refractivity contribution >= 4 is 37.8 Å². The number of hydrogen-bond donors (Lipinski definition) is 2. The van der Waals surface area contributed by atoms with Gasteiger partial charge in [0.15, 0.2) is 0 Å². The van der Waals surface area contributed by atoms with Crippen LogP contribution in [0.3, 0.4) is 0 Å². The summed E-state index contributed by atoms with van der Waals surface area (Å²) in [5.74, 6) is -0.786. The zero-order chi connectivity index (χ0) is 14.7. The fraction of sp³-hybridized carbons (Fsp3) is 0.0714. The Morgan fingerprint density at radius 3 is 2.65 bits per heavy atom. The van der Waals surface area contributed by atoms with Crippen LogP contribution in [-0.4, -0.2) is 11.0 Å². The lowest BCUT2D eigenvalue weighted by molar-refractivity contribution is 0.0950. The number of benzene rings is 2. The molecule has 0 saturated heterocycles. The van der Waals surface area contributed by atoms with Gasteiger partial charge in [0, 0.05) is 22.1 Å². The molecule has 1 amide bonds. The van der Waals surface area contributed by atoms with E-state index in [0.29, 0.717) is 15.6 Å². The summed E-state index contributed by atoms with van der Waals surface area (Å²) in [6.07, 6.45) is 0. The van der Waals surface area contributed by atoms with Gasteiger partial charge >= 0.3 is 0 Å². The minimum atomic E-state index is -0.382. The number of carbonyl (C=O) groups is 1. The van der Waals surface area contributed by atoms with Gasteiger partial charge in [-0.1, -0.05) is 15.9 Å². The van der Waals surface area contributed by atoms with Crippen molar-refractivity contribution in [2.45, 2.75) is 6.54 Å². The third-order valence-corrected chi connectivity index (χ3v) is 3.82. The molecule has 2 rings (SSSR count). The molecule has 2 aromatic carbocycles. The first-order chi connectivity index (χ1) is 9.47. The molecule has 0 saturated carbocycles. The molecule has 0 unspecified atom stereocenters. The molecule has 0 spiro atoms. The normalized spacial score (nSPS) is 10.3. The van der Waals surface area contributed by atoms with E-state index < -0.39 is 0 Å².